The van der Waals surface area contributed by atoms with Crippen LogP contribution in [0.15, 0.2) is 36.7 Å². The molecule has 0 aliphatic rings. The zero-order valence-electron chi connectivity index (χ0n) is 13.3. The van der Waals surface area contributed by atoms with Crippen molar-refractivity contribution in [1.29, 1.82) is 0 Å². The van der Waals surface area contributed by atoms with Gasteiger partial charge in [-0.25, -0.2) is 4.68 Å². The molecule has 0 bridgehead atoms. The monoisotopic (exact) mass is 312 g/mol. The summed E-state index contributed by atoms with van der Waals surface area (Å²) < 4.78 is 3.57. The van der Waals surface area contributed by atoms with E-state index < -0.39 is 0 Å². The van der Waals surface area contributed by atoms with Gasteiger partial charge < -0.3 is 10.4 Å². The molecule has 1 aromatic carbocycles. The quantitative estimate of drug-likeness (QED) is 0.724. The predicted molar refractivity (Wildman–Crippen MR) is 87.5 cm³/mol. The van der Waals surface area contributed by atoms with Gasteiger partial charge in [-0.05, 0) is 38.1 Å². The molecule has 2 aromatic heterocycles. The first-order valence-corrected chi connectivity index (χ1v) is 7.53. The third-order valence-electron chi connectivity index (χ3n) is 3.87. The van der Waals surface area contributed by atoms with Gasteiger partial charge in [-0.15, -0.1) is 5.10 Å². The van der Waals surface area contributed by atoms with E-state index in [0.29, 0.717) is 13.1 Å². The molecule has 0 atom stereocenters. The molecule has 0 amide bonds. The molecule has 0 fully saturated rings. The molecule has 23 heavy (non-hydrogen) atoms. The van der Waals surface area contributed by atoms with Gasteiger partial charge in [0.15, 0.2) is 0 Å². The largest absolute Gasteiger partial charge is 0.394 e. The third kappa shape index (κ3) is 3.24. The van der Waals surface area contributed by atoms with Crippen LogP contribution in [-0.2, 0) is 13.1 Å². The highest BCUT2D eigenvalue weighted by molar-refractivity contribution is 5.49. The molecule has 0 aliphatic carbocycles. The first-order valence-electron chi connectivity index (χ1n) is 7.53. The summed E-state index contributed by atoms with van der Waals surface area (Å²) in [7, 11) is 0. The number of nitrogens with zero attached hydrogens (tertiary/aromatic N) is 5. The SMILES string of the molecule is Cc1nn(CCO)c(C)c1CNc1ccc(-n2ccnn2)cc1. The van der Waals surface area contributed by atoms with Crippen molar-refractivity contribution in [2.45, 2.75) is 26.9 Å². The normalized spacial score (nSPS) is 10.9. The van der Waals surface area contributed by atoms with Gasteiger partial charge in [0, 0.05) is 23.5 Å². The maximum Gasteiger partial charge on any atom is 0.0697 e. The fraction of sp³-hybridized carbons (Fsp3) is 0.312. The van der Waals surface area contributed by atoms with Crippen molar-refractivity contribution in [3.8, 4) is 5.69 Å². The Morgan fingerprint density at radius 2 is 1.96 bits per heavy atom. The Hall–Kier alpha value is -2.67. The number of aliphatic hydroxyl groups excluding tert-OH is 1. The molecule has 3 rings (SSSR count). The Balaban J connectivity index is 1.69. The first-order chi connectivity index (χ1) is 11.2. The molecule has 3 aromatic rings. The Morgan fingerprint density at radius 3 is 2.61 bits per heavy atom. The van der Waals surface area contributed by atoms with Gasteiger partial charge in [0.1, 0.15) is 0 Å². The van der Waals surface area contributed by atoms with Crippen LogP contribution in [0.2, 0.25) is 0 Å². The molecule has 0 saturated carbocycles. The smallest absolute Gasteiger partial charge is 0.0697 e. The summed E-state index contributed by atoms with van der Waals surface area (Å²) in [5.41, 5.74) is 5.24. The van der Waals surface area contributed by atoms with Crippen LogP contribution in [0.4, 0.5) is 5.69 Å². The topological polar surface area (TPSA) is 80.8 Å². The van der Waals surface area contributed by atoms with Gasteiger partial charge in [0.05, 0.1) is 36.9 Å². The fourth-order valence-electron chi connectivity index (χ4n) is 2.57. The average molecular weight is 312 g/mol. The zero-order valence-corrected chi connectivity index (χ0v) is 13.3. The van der Waals surface area contributed by atoms with E-state index in [1.165, 1.54) is 5.56 Å². The second-order valence-corrected chi connectivity index (χ2v) is 5.34. The molecular weight excluding hydrogens is 292 g/mol. The highest BCUT2D eigenvalue weighted by Gasteiger charge is 2.10. The van der Waals surface area contributed by atoms with E-state index in [1.807, 2.05) is 49.0 Å². The van der Waals surface area contributed by atoms with Gasteiger partial charge in [-0.2, -0.15) is 5.10 Å². The summed E-state index contributed by atoms with van der Waals surface area (Å²) in [5.74, 6) is 0. The van der Waals surface area contributed by atoms with Gasteiger partial charge >= 0.3 is 0 Å². The van der Waals surface area contributed by atoms with E-state index in [9.17, 15) is 0 Å². The van der Waals surface area contributed by atoms with Crippen LogP contribution in [0.5, 0.6) is 0 Å². The number of benzene rings is 1. The number of aromatic nitrogens is 5. The minimum Gasteiger partial charge on any atom is -0.394 e. The molecule has 120 valence electrons. The average Bonchev–Trinajstić information content (AvgIpc) is 3.17. The van der Waals surface area contributed by atoms with E-state index in [0.717, 1.165) is 22.8 Å². The number of anilines is 1. The lowest BCUT2D eigenvalue weighted by molar-refractivity contribution is 0.268. The van der Waals surface area contributed by atoms with Gasteiger partial charge in [-0.1, -0.05) is 5.21 Å². The lowest BCUT2D eigenvalue weighted by Crippen LogP contribution is -2.07. The van der Waals surface area contributed by atoms with E-state index in [-0.39, 0.29) is 6.61 Å². The Bertz CT molecular complexity index is 761. The van der Waals surface area contributed by atoms with Crippen molar-refractivity contribution in [2.24, 2.45) is 0 Å². The molecule has 7 nitrogen and oxygen atoms in total. The molecule has 2 heterocycles. The Morgan fingerprint density at radius 1 is 1.17 bits per heavy atom. The highest BCUT2D eigenvalue weighted by Crippen LogP contribution is 2.17. The summed E-state index contributed by atoms with van der Waals surface area (Å²) in [6.45, 7) is 5.34. The van der Waals surface area contributed by atoms with Crippen LogP contribution >= 0.6 is 0 Å². The number of aryl methyl sites for hydroxylation is 1. The number of rotatable bonds is 6. The van der Waals surface area contributed by atoms with Crippen molar-refractivity contribution < 1.29 is 5.11 Å². The van der Waals surface area contributed by atoms with Crippen LogP contribution in [0.1, 0.15) is 17.0 Å². The van der Waals surface area contributed by atoms with Crippen LogP contribution in [0.3, 0.4) is 0 Å². The minimum absolute atomic E-state index is 0.0958. The van der Waals surface area contributed by atoms with E-state index >= 15 is 0 Å². The number of aliphatic hydroxyl groups is 1. The standard InChI is InChI=1S/C16H20N6O/c1-12-16(13(2)21(19-12)9-10-23)11-17-14-3-5-15(6-4-14)22-8-7-18-20-22/h3-8,17,23H,9-11H2,1-2H3. The van der Waals surface area contributed by atoms with Crippen molar-refractivity contribution in [3.05, 3.63) is 53.6 Å². The third-order valence-corrected chi connectivity index (χ3v) is 3.87. The van der Waals surface area contributed by atoms with Crippen molar-refractivity contribution in [2.75, 3.05) is 11.9 Å². The molecule has 0 spiro atoms. The number of hydrogen-bond acceptors (Lipinski definition) is 5. The molecule has 2 N–H and O–H groups in total. The molecule has 0 unspecified atom stereocenters. The maximum atomic E-state index is 9.07. The van der Waals surface area contributed by atoms with E-state index in [2.05, 4.69) is 20.7 Å². The Kier molecular flexibility index (Phi) is 4.38. The lowest BCUT2D eigenvalue weighted by Gasteiger charge is -2.08. The van der Waals surface area contributed by atoms with Crippen molar-refractivity contribution >= 4 is 5.69 Å². The van der Waals surface area contributed by atoms with Crippen molar-refractivity contribution in [1.82, 2.24) is 24.8 Å². The highest BCUT2D eigenvalue weighted by atomic mass is 16.3. The summed E-state index contributed by atoms with van der Waals surface area (Å²) >= 11 is 0. The fourth-order valence-corrected chi connectivity index (χ4v) is 2.57. The molecule has 0 radical (unpaired) electrons. The summed E-state index contributed by atoms with van der Waals surface area (Å²) in [6.07, 6.45) is 3.46. The first kappa shape index (κ1) is 15.2. The molecule has 7 heteroatoms. The van der Waals surface area contributed by atoms with Gasteiger partial charge in [-0.3, -0.25) is 4.68 Å². The van der Waals surface area contributed by atoms with Gasteiger partial charge in [0.2, 0.25) is 0 Å². The molecular formula is C16H20N6O. The van der Waals surface area contributed by atoms with Crippen LogP contribution in [0.25, 0.3) is 5.69 Å². The van der Waals surface area contributed by atoms with E-state index in [4.69, 9.17) is 5.11 Å². The Labute approximate surface area is 134 Å². The molecule has 0 saturated heterocycles. The number of nitrogens with one attached hydrogen (secondary N) is 1. The molecule has 0 aliphatic heterocycles. The second kappa shape index (κ2) is 6.62. The van der Waals surface area contributed by atoms with Crippen molar-refractivity contribution in [3.63, 3.8) is 0 Å². The maximum absolute atomic E-state index is 9.07. The van der Waals surface area contributed by atoms with Crippen LogP contribution < -0.4 is 5.32 Å². The summed E-state index contributed by atoms with van der Waals surface area (Å²) in [6, 6.07) is 8.01. The predicted octanol–water partition coefficient (Wildman–Crippen LogP) is 1.69. The summed E-state index contributed by atoms with van der Waals surface area (Å²) in [5, 5.41) is 24.7. The van der Waals surface area contributed by atoms with Crippen LogP contribution in [-0.4, -0.2) is 36.5 Å². The van der Waals surface area contributed by atoms with Crippen LogP contribution in [0, 0.1) is 13.8 Å². The second-order valence-electron chi connectivity index (χ2n) is 5.34. The lowest BCUT2D eigenvalue weighted by atomic mass is 10.2. The summed E-state index contributed by atoms with van der Waals surface area (Å²) in [4.78, 5) is 0. The van der Waals surface area contributed by atoms with Gasteiger partial charge in [0.25, 0.3) is 0 Å². The van der Waals surface area contributed by atoms with E-state index in [1.54, 1.807) is 10.9 Å². The minimum atomic E-state index is 0.0958. The zero-order chi connectivity index (χ0) is 16.2. The number of hydrogen-bond donors (Lipinski definition) is 2.